The number of hydrogen-bond donors (Lipinski definition) is 2. The van der Waals surface area contributed by atoms with E-state index in [9.17, 15) is 4.79 Å². The average Bonchev–Trinajstić information content (AvgIpc) is 2.25. The summed E-state index contributed by atoms with van der Waals surface area (Å²) in [7, 11) is 0. The Labute approximate surface area is 88.3 Å². The highest BCUT2D eigenvalue weighted by Crippen LogP contribution is 2.27. The number of amides is 1. The molecule has 0 saturated heterocycles. The highest BCUT2D eigenvalue weighted by molar-refractivity contribution is 6.00. The van der Waals surface area contributed by atoms with Crippen LogP contribution in [0.5, 0.6) is 0 Å². The Morgan fingerprint density at radius 3 is 3.27 bits per heavy atom. The summed E-state index contributed by atoms with van der Waals surface area (Å²) in [4.78, 5) is 17.4. The fraction of sp³-hybridized carbons (Fsp3) is 0.400. The van der Waals surface area contributed by atoms with Gasteiger partial charge in [0.15, 0.2) is 0 Å². The molecule has 5 heteroatoms. The van der Waals surface area contributed by atoms with Crippen molar-refractivity contribution in [1.82, 2.24) is 4.98 Å². The SMILES string of the molecule is NCCCN1CC(=O)Nc2cnccc21. The molecule has 1 aromatic heterocycles. The Bertz CT molecular complexity index is 366. The van der Waals surface area contributed by atoms with Gasteiger partial charge in [-0.2, -0.15) is 0 Å². The minimum atomic E-state index is 0.00696. The van der Waals surface area contributed by atoms with Crippen molar-refractivity contribution in [1.29, 1.82) is 0 Å². The van der Waals surface area contributed by atoms with Crippen molar-refractivity contribution in [2.24, 2.45) is 5.73 Å². The lowest BCUT2D eigenvalue weighted by Gasteiger charge is -2.30. The maximum absolute atomic E-state index is 11.4. The molecule has 1 aliphatic heterocycles. The monoisotopic (exact) mass is 206 g/mol. The zero-order valence-corrected chi connectivity index (χ0v) is 8.44. The number of hydrogen-bond acceptors (Lipinski definition) is 4. The normalized spacial score (nSPS) is 14.7. The molecule has 1 aromatic rings. The van der Waals surface area contributed by atoms with Gasteiger partial charge in [-0.1, -0.05) is 0 Å². The molecule has 2 rings (SSSR count). The van der Waals surface area contributed by atoms with Gasteiger partial charge in [0.25, 0.3) is 0 Å². The first-order valence-corrected chi connectivity index (χ1v) is 5.00. The van der Waals surface area contributed by atoms with Crippen molar-refractivity contribution < 1.29 is 4.79 Å². The fourth-order valence-corrected chi connectivity index (χ4v) is 1.69. The van der Waals surface area contributed by atoms with E-state index in [-0.39, 0.29) is 5.91 Å². The van der Waals surface area contributed by atoms with E-state index in [2.05, 4.69) is 10.3 Å². The Morgan fingerprint density at radius 2 is 2.47 bits per heavy atom. The molecule has 0 aliphatic carbocycles. The molecule has 1 aliphatic rings. The predicted molar refractivity (Wildman–Crippen MR) is 58.8 cm³/mol. The number of nitrogens with one attached hydrogen (secondary N) is 1. The second-order valence-corrected chi connectivity index (χ2v) is 3.50. The van der Waals surface area contributed by atoms with Gasteiger partial charge in [0.2, 0.25) is 5.91 Å². The van der Waals surface area contributed by atoms with Crippen molar-refractivity contribution >= 4 is 17.3 Å². The van der Waals surface area contributed by atoms with Crippen LogP contribution in [-0.2, 0) is 4.79 Å². The lowest BCUT2D eigenvalue weighted by molar-refractivity contribution is -0.115. The number of anilines is 2. The number of nitrogens with two attached hydrogens (primary N) is 1. The van der Waals surface area contributed by atoms with E-state index < -0.39 is 0 Å². The van der Waals surface area contributed by atoms with Crippen LogP contribution in [0.4, 0.5) is 11.4 Å². The summed E-state index contributed by atoms with van der Waals surface area (Å²) in [6.07, 6.45) is 4.28. The zero-order chi connectivity index (χ0) is 10.7. The van der Waals surface area contributed by atoms with E-state index in [1.165, 1.54) is 0 Å². The van der Waals surface area contributed by atoms with Crippen LogP contribution in [0.3, 0.4) is 0 Å². The Balaban J connectivity index is 2.22. The van der Waals surface area contributed by atoms with E-state index in [0.29, 0.717) is 13.1 Å². The van der Waals surface area contributed by atoms with Crippen LogP contribution in [0.15, 0.2) is 18.5 Å². The zero-order valence-electron chi connectivity index (χ0n) is 8.44. The highest BCUT2D eigenvalue weighted by atomic mass is 16.2. The van der Waals surface area contributed by atoms with Gasteiger partial charge in [-0.15, -0.1) is 0 Å². The molecule has 0 atom stereocenters. The first kappa shape index (κ1) is 9.92. The molecule has 0 unspecified atom stereocenters. The van der Waals surface area contributed by atoms with Crippen LogP contribution < -0.4 is 16.0 Å². The molecule has 0 aromatic carbocycles. The Hall–Kier alpha value is -1.62. The third-order valence-electron chi connectivity index (χ3n) is 2.38. The van der Waals surface area contributed by atoms with Crippen molar-refractivity contribution in [3.63, 3.8) is 0 Å². The summed E-state index contributed by atoms with van der Waals surface area (Å²) >= 11 is 0. The molecule has 0 fully saturated rings. The van der Waals surface area contributed by atoms with Gasteiger partial charge >= 0.3 is 0 Å². The summed E-state index contributed by atoms with van der Waals surface area (Å²) in [5.41, 5.74) is 7.27. The topological polar surface area (TPSA) is 71.2 Å². The number of pyridine rings is 1. The van der Waals surface area contributed by atoms with E-state index >= 15 is 0 Å². The molecule has 80 valence electrons. The van der Waals surface area contributed by atoms with E-state index in [1.54, 1.807) is 12.4 Å². The summed E-state index contributed by atoms with van der Waals surface area (Å²) in [6, 6.07) is 1.91. The number of rotatable bonds is 3. The summed E-state index contributed by atoms with van der Waals surface area (Å²) in [5.74, 6) is 0.00696. The molecule has 5 nitrogen and oxygen atoms in total. The third kappa shape index (κ3) is 2.07. The fourth-order valence-electron chi connectivity index (χ4n) is 1.69. The number of nitrogens with zero attached hydrogens (tertiary/aromatic N) is 2. The highest BCUT2D eigenvalue weighted by Gasteiger charge is 2.20. The second-order valence-electron chi connectivity index (χ2n) is 3.50. The quantitative estimate of drug-likeness (QED) is 0.740. The van der Waals surface area contributed by atoms with Crippen LogP contribution in [0.25, 0.3) is 0 Å². The smallest absolute Gasteiger partial charge is 0.243 e. The van der Waals surface area contributed by atoms with E-state index in [4.69, 9.17) is 5.73 Å². The number of carbonyl (C=O) groups excluding carboxylic acids is 1. The number of fused-ring (bicyclic) bond motifs is 1. The Kier molecular flexibility index (Phi) is 2.82. The van der Waals surface area contributed by atoms with Gasteiger partial charge in [0.05, 0.1) is 24.1 Å². The van der Waals surface area contributed by atoms with Gasteiger partial charge in [-0.25, -0.2) is 0 Å². The number of aromatic nitrogens is 1. The molecule has 0 bridgehead atoms. The van der Waals surface area contributed by atoms with Crippen LogP contribution in [0.2, 0.25) is 0 Å². The summed E-state index contributed by atoms with van der Waals surface area (Å²) in [5, 5.41) is 2.79. The van der Waals surface area contributed by atoms with E-state index in [0.717, 1.165) is 24.3 Å². The third-order valence-corrected chi connectivity index (χ3v) is 2.38. The minimum absolute atomic E-state index is 0.00696. The largest absolute Gasteiger partial charge is 0.360 e. The molecule has 2 heterocycles. The predicted octanol–water partition coefficient (Wildman–Crippen LogP) is 0.189. The molecule has 0 saturated carbocycles. The molecule has 3 N–H and O–H groups in total. The number of carbonyl (C=O) groups is 1. The first-order chi connectivity index (χ1) is 7.31. The molecule has 0 radical (unpaired) electrons. The summed E-state index contributed by atoms with van der Waals surface area (Å²) < 4.78 is 0. The second kappa shape index (κ2) is 4.27. The minimum Gasteiger partial charge on any atom is -0.360 e. The maximum atomic E-state index is 11.4. The molecule has 15 heavy (non-hydrogen) atoms. The van der Waals surface area contributed by atoms with Crippen LogP contribution in [0, 0.1) is 0 Å². The lowest BCUT2D eigenvalue weighted by atomic mass is 10.2. The van der Waals surface area contributed by atoms with Gasteiger partial charge in [-0.3, -0.25) is 9.78 Å². The van der Waals surface area contributed by atoms with Gasteiger partial charge in [-0.05, 0) is 19.0 Å². The lowest BCUT2D eigenvalue weighted by Crippen LogP contribution is -2.39. The van der Waals surface area contributed by atoms with Crippen LogP contribution >= 0.6 is 0 Å². The van der Waals surface area contributed by atoms with Gasteiger partial charge < -0.3 is 16.0 Å². The van der Waals surface area contributed by atoms with Crippen LogP contribution in [-0.4, -0.2) is 30.5 Å². The van der Waals surface area contributed by atoms with Crippen molar-refractivity contribution in [3.05, 3.63) is 18.5 Å². The Morgan fingerprint density at radius 1 is 1.60 bits per heavy atom. The van der Waals surface area contributed by atoms with Crippen molar-refractivity contribution in [2.45, 2.75) is 6.42 Å². The standard InChI is InChI=1S/C10H14N4O/c11-3-1-5-14-7-10(15)13-8-6-12-4-2-9(8)14/h2,4,6H,1,3,5,7,11H2,(H,13,15). The van der Waals surface area contributed by atoms with Crippen molar-refractivity contribution in [2.75, 3.05) is 29.9 Å². The first-order valence-electron chi connectivity index (χ1n) is 5.00. The van der Waals surface area contributed by atoms with Gasteiger partial charge in [0, 0.05) is 12.7 Å². The van der Waals surface area contributed by atoms with Gasteiger partial charge in [0.1, 0.15) is 0 Å². The molecule has 1 amide bonds. The molecule has 0 spiro atoms. The van der Waals surface area contributed by atoms with E-state index in [1.807, 2.05) is 11.0 Å². The maximum Gasteiger partial charge on any atom is 0.243 e. The molecular weight excluding hydrogens is 192 g/mol. The van der Waals surface area contributed by atoms with Crippen LogP contribution in [0.1, 0.15) is 6.42 Å². The van der Waals surface area contributed by atoms with Crippen molar-refractivity contribution in [3.8, 4) is 0 Å². The average molecular weight is 206 g/mol. The molecular formula is C10H14N4O. The summed E-state index contributed by atoms with van der Waals surface area (Å²) in [6.45, 7) is 1.84.